The van der Waals surface area contributed by atoms with Gasteiger partial charge in [-0.25, -0.2) is 9.37 Å². The Morgan fingerprint density at radius 3 is 2.25 bits per heavy atom. The topological polar surface area (TPSA) is 62.7 Å². The maximum atomic E-state index is 13.2. The Labute approximate surface area is 140 Å². The molecule has 0 saturated carbocycles. The molecule has 24 heavy (non-hydrogen) atoms. The summed E-state index contributed by atoms with van der Waals surface area (Å²) in [4.78, 5) is 4.37. The number of aromatic nitrogens is 1. The fraction of sp³-hybridized carbons (Fsp3) is 0.100. The summed E-state index contributed by atoms with van der Waals surface area (Å²) in [6.07, 6.45) is 0. The van der Waals surface area contributed by atoms with E-state index in [1.807, 2.05) is 38.1 Å². The Balaban J connectivity index is 2.21. The van der Waals surface area contributed by atoms with Crippen LogP contribution in [0.25, 0.3) is 22.4 Å². The van der Waals surface area contributed by atoms with Crippen LogP contribution in [0.15, 0.2) is 48.5 Å². The summed E-state index contributed by atoms with van der Waals surface area (Å²) in [5.74, 6) is -0.152. The molecule has 4 heteroatoms. The Kier molecular flexibility index (Phi) is 4.01. The van der Waals surface area contributed by atoms with Gasteiger partial charge < -0.3 is 5.73 Å². The monoisotopic (exact) mass is 317 g/mol. The van der Waals surface area contributed by atoms with E-state index in [0.717, 1.165) is 16.7 Å². The number of nitriles is 1. The van der Waals surface area contributed by atoms with Gasteiger partial charge >= 0.3 is 0 Å². The molecule has 118 valence electrons. The van der Waals surface area contributed by atoms with Gasteiger partial charge in [0.05, 0.1) is 5.69 Å². The highest BCUT2D eigenvalue weighted by atomic mass is 19.1. The average molecular weight is 317 g/mol. The van der Waals surface area contributed by atoms with E-state index in [4.69, 9.17) is 5.73 Å². The lowest BCUT2D eigenvalue weighted by molar-refractivity contribution is 0.628. The number of anilines is 1. The molecule has 1 heterocycles. The quantitative estimate of drug-likeness (QED) is 0.750. The van der Waals surface area contributed by atoms with E-state index >= 15 is 0 Å². The number of rotatable bonds is 2. The van der Waals surface area contributed by atoms with Crippen molar-refractivity contribution in [2.45, 2.75) is 13.8 Å². The van der Waals surface area contributed by atoms with E-state index in [-0.39, 0.29) is 11.6 Å². The second-order valence-corrected chi connectivity index (χ2v) is 5.73. The van der Waals surface area contributed by atoms with Crippen molar-refractivity contribution in [3.8, 4) is 28.5 Å². The zero-order chi connectivity index (χ0) is 17.3. The maximum Gasteiger partial charge on any atom is 0.142 e. The van der Waals surface area contributed by atoms with Crippen molar-refractivity contribution in [2.24, 2.45) is 0 Å². The first-order chi connectivity index (χ1) is 11.5. The average Bonchev–Trinajstić information content (AvgIpc) is 2.57. The van der Waals surface area contributed by atoms with Crippen LogP contribution in [0.4, 0.5) is 10.2 Å². The van der Waals surface area contributed by atoms with Gasteiger partial charge in [-0.2, -0.15) is 5.26 Å². The number of hydrogen-bond donors (Lipinski definition) is 1. The van der Waals surface area contributed by atoms with Gasteiger partial charge in [0.25, 0.3) is 0 Å². The molecule has 0 aliphatic carbocycles. The third-order valence-corrected chi connectivity index (χ3v) is 4.12. The fourth-order valence-electron chi connectivity index (χ4n) is 2.59. The zero-order valence-corrected chi connectivity index (χ0v) is 13.5. The molecule has 3 rings (SSSR count). The Hall–Kier alpha value is -3.19. The van der Waals surface area contributed by atoms with Crippen molar-refractivity contribution in [3.05, 3.63) is 71.0 Å². The van der Waals surface area contributed by atoms with Crippen LogP contribution >= 0.6 is 0 Å². The van der Waals surface area contributed by atoms with E-state index in [1.54, 1.807) is 12.1 Å². The van der Waals surface area contributed by atoms with Gasteiger partial charge in [0.15, 0.2) is 0 Å². The molecule has 0 saturated heterocycles. The third kappa shape index (κ3) is 2.84. The van der Waals surface area contributed by atoms with Gasteiger partial charge in [0.2, 0.25) is 0 Å². The Morgan fingerprint density at radius 2 is 1.62 bits per heavy atom. The van der Waals surface area contributed by atoms with Gasteiger partial charge in [0.1, 0.15) is 23.3 Å². The molecule has 2 aromatic carbocycles. The van der Waals surface area contributed by atoms with Gasteiger partial charge in [-0.3, -0.25) is 0 Å². The van der Waals surface area contributed by atoms with Crippen molar-refractivity contribution in [1.82, 2.24) is 4.98 Å². The second-order valence-electron chi connectivity index (χ2n) is 5.73. The van der Waals surface area contributed by atoms with Crippen LogP contribution < -0.4 is 5.73 Å². The molecule has 0 spiro atoms. The Morgan fingerprint density at radius 1 is 0.958 bits per heavy atom. The summed E-state index contributed by atoms with van der Waals surface area (Å²) < 4.78 is 13.2. The van der Waals surface area contributed by atoms with Gasteiger partial charge in [-0.1, -0.05) is 24.3 Å². The highest BCUT2D eigenvalue weighted by Crippen LogP contribution is 2.31. The normalized spacial score (nSPS) is 10.4. The molecule has 3 nitrogen and oxygen atoms in total. The first-order valence-electron chi connectivity index (χ1n) is 7.54. The van der Waals surface area contributed by atoms with Crippen LogP contribution in [0.2, 0.25) is 0 Å². The van der Waals surface area contributed by atoms with E-state index < -0.39 is 0 Å². The van der Waals surface area contributed by atoms with E-state index in [0.29, 0.717) is 16.8 Å². The Bertz CT molecular complexity index is 954. The predicted octanol–water partition coefficient (Wildman–Crippen LogP) is 4.63. The SMILES string of the molecule is Cc1ccc(-c2cc(-c3ccc(F)cc3)c(C#N)c(N)n2)cc1C. The van der Waals surface area contributed by atoms with Gasteiger partial charge in [-0.05, 0) is 54.8 Å². The van der Waals surface area contributed by atoms with Crippen LogP contribution in [-0.4, -0.2) is 4.98 Å². The summed E-state index contributed by atoms with van der Waals surface area (Å²) in [5, 5.41) is 9.41. The number of nitrogens with zero attached hydrogens (tertiary/aromatic N) is 2. The van der Waals surface area contributed by atoms with Crippen LogP contribution in [0.3, 0.4) is 0 Å². The minimum absolute atomic E-state index is 0.174. The maximum absolute atomic E-state index is 13.2. The third-order valence-electron chi connectivity index (χ3n) is 4.12. The minimum atomic E-state index is -0.325. The molecule has 3 aromatic rings. The number of pyridine rings is 1. The summed E-state index contributed by atoms with van der Waals surface area (Å²) in [6, 6.07) is 16.0. The lowest BCUT2D eigenvalue weighted by atomic mass is 9.97. The van der Waals surface area contributed by atoms with E-state index in [2.05, 4.69) is 11.1 Å². The van der Waals surface area contributed by atoms with Crippen LogP contribution in [0.5, 0.6) is 0 Å². The molecule has 0 amide bonds. The molecule has 0 aliphatic rings. The van der Waals surface area contributed by atoms with Crippen LogP contribution in [-0.2, 0) is 0 Å². The van der Waals surface area contributed by atoms with Crippen LogP contribution in [0.1, 0.15) is 16.7 Å². The number of nitrogen functional groups attached to an aromatic ring is 1. The number of hydrogen-bond acceptors (Lipinski definition) is 3. The summed E-state index contributed by atoms with van der Waals surface area (Å²) in [5.41, 5.74) is 11.6. The molecule has 1 aromatic heterocycles. The highest BCUT2D eigenvalue weighted by Gasteiger charge is 2.13. The molecule has 0 radical (unpaired) electrons. The lowest BCUT2D eigenvalue weighted by Gasteiger charge is -2.11. The second kappa shape index (κ2) is 6.13. The van der Waals surface area contributed by atoms with Crippen molar-refractivity contribution < 1.29 is 4.39 Å². The molecular weight excluding hydrogens is 301 g/mol. The summed E-state index contributed by atoms with van der Waals surface area (Å²) in [6.45, 7) is 4.08. The predicted molar refractivity (Wildman–Crippen MR) is 93.7 cm³/mol. The van der Waals surface area contributed by atoms with Crippen molar-refractivity contribution >= 4 is 5.82 Å². The number of nitrogens with two attached hydrogens (primary N) is 1. The molecule has 0 fully saturated rings. The number of halogens is 1. The van der Waals surface area contributed by atoms with E-state index in [1.165, 1.54) is 17.7 Å². The van der Waals surface area contributed by atoms with Gasteiger partial charge in [-0.15, -0.1) is 0 Å². The minimum Gasteiger partial charge on any atom is -0.383 e. The molecular formula is C20H16FN3. The molecule has 0 aliphatic heterocycles. The lowest BCUT2D eigenvalue weighted by Crippen LogP contribution is -2.00. The summed E-state index contributed by atoms with van der Waals surface area (Å²) in [7, 11) is 0. The van der Waals surface area contributed by atoms with Crippen molar-refractivity contribution in [1.29, 1.82) is 5.26 Å². The highest BCUT2D eigenvalue weighted by molar-refractivity contribution is 5.80. The molecule has 0 unspecified atom stereocenters. The zero-order valence-electron chi connectivity index (χ0n) is 13.5. The molecule has 0 bridgehead atoms. The number of aryl methyl sites for hydroxylation is 2. The fourth-order valence-corrected chi connectivity index (χ4v) is 2.59. The molecule has 2 N–H and O–H groups in total. The van der Waals surface area contributed by atoms with Gasteiger partial charge in [0, 0.05) is 11.1 Å². The standard InChI is InChI=1S/C20H16FN3/c1-12-3-4-15(9-13(12)2)19-10-17(18(11-22)20(23)24-19)14-5-7-16(21)8-6-14/h3-10H,1-2H3,(H2,23,24). The van der Waals surface area contributed by atoms with Crippen molar-refractivity contribution in [3.63, 3.8) is 0 Å². The number of benzene rings is 2. The molecule has 0 atom stereocenters. The smallest absolute Gasteiger partial charge is 0.142 e. The van der Waals surface area contributed by atoms with E-state index in [9.17, 15) is 9.65 Å². The first-order valence-corrected chi connectivity index (χ1v) is 7.54. The first kappa shape index (κ1) is 15.7. The largest absolute Gasteiger partial charge is 0.383 e. The van der Waals surface area contributed by atoms with Crippen molar-refractivity contribution in [2.75, 3.05) is 5.73 Å². The summed E-state index contributed by atoms with van der Waals surface area (Å²) >= 11 is 0. The van der Waals surface area contributed by atoms with Crippen LogP contribution in [0, 0.1) is 31.0 Å².